The van der Waals surface area contributed by atoms with E-state index in [0.29, 0.717) is 17.4 Å². The predicted molar refractivity (Wildman–Crippen MR) is 165 cm³/mol. The second-order valence-electron chi connectivity index (χ2n) is 10.4. The summed E-state index contributed by atoms with van der Waals surface area (Å²) in [6.45, 7) is 3.39. The smallest absolute Gasteiger partial charge is 0.264 e. The van der Waals surface area contributed by atoms with Crippen molar-refractivity contribution in [3.63, 3.8) is 0 Å². The molecule has 3 aromatic carbocycles. The molecule has 1 N–H and O–H groups in total. The van der Waals surface area contributed by atoms with Crippen LogP contribution in [0.3, 0.4) is 0 Å². The van der Waals surface area contributed by atoms with E-state index in [-0.39, 0.29) is 29.1 Å². The summed E-state index contributed by atoms with van der Waals surface area (Å²) in [6, 6.07) is 21.1. The van der Waals surface area contributed by atoms with Crippen molar-refractivity contribution in [1.29, 1.82) is 0 Å². The van der Waals surface area contributed by atoms with Crippen LogP contribution in [-0.2, 0) is 26.2 Å². The number of sulfonamides is 1. The lowest BCUT2D eigenvalue weighted by atomic mass is 9.95. The van der Waals surface area contributed by atoms with E-state index < -0.39 is 28.5 Å². The number of carbonyl (C=O) groups is 2. The first kappa shape index (κ1) is 31.4. The van der Waals surface area contributed by atoms with Crippen LogP contribution in [-0.4, -0.2) is 50.4 Å². The SMILES string of the molecule is CCOc1ccccc1N(CC(=O)N(Cc1ccccc1)[C@H](C)C(=O)NC1CCCCC1)S(=O)(=O)c1ccc(Cl)cc1. The minimum Gasteiger partial charge on any atom is -0.492 e. The van der Waals surface area contributed by atoms with Crippen molar-refractivity contribution in [2.24, 2.45) is 0 Å². The van der Waals surface area contributed by atoms with Crippen molar-refractivity contribution in [3.8, 4) is 5.75 Å². The van der Waals surface area contributed by atoms with Gasteiger partial charge in [0.1, 0.15) is 18.3 Å². The van der Waals surface area contributed by atoms with Crippen LogP contribution < -0.4 is 14.4 Å². The summed E-state index contributed by atoms with van der Waals surface area (Å²) in [5.41, 5.74) is 1.05. The Bertz CT molecular complexity index is 1440. The number of anilines is 1. The number of nitrogens with zero attached hydrogens (tertiary/aromatic N) is 2. The summed E-state index contributed by atoms with van der Waals surface area (Å²) in [4.78, 5) is 29.0. The average Bonchev–Trinajstić information content (AvgIpc) is 3.00. The minimum atomic E-state index is -4.24. The van der Waals surface area contributed by atoms with Gasteiger partial charge in [0.25, 0.3) is 10.0 Å². The standard InChI is InChI=1S/C32H38ClN3O5S/c1-3-41-30-17-11-10-16-29(30)36(42(39,40)28-20-18-26(33)19-21-28)23-31(37)35(22-25-12-6-4-7-13-25)24(2)32(38)34-27-14-8-5-9-15-27/h4,6-7,10-13,16-21,24,27H,3,5,8-9,14-15,22-23H2,1-2H3,(H,34,38)/t24-/m1/s1. The molecular weight excluding hydrogens is 574 g/mol. The van der Waals surface area contributed by atoms with Gasteiger partial charge in [-0.15, -0.1) is 0 Å². The van der Waals surface area contributed by atoms with Crippen LogP contribution in [0.2, 0.25) is 5.02 Å². The number of hydrogen-bond acceptors (Lipinski definition) is 5. The zero-order valence-electron chi connectivity index (χ0n) is 24.0. The summed E-state index contributed by atoms with van der Waals surface area (Å²) in [5, 5.41) is 3.50. The molecule has 3 aromatic rings. The Balaban J connectivity index is 1.70. The maximum Gasteiger partial charge on any atom is 0.264 e. The Morgan fingerprint density at radius 3 is 2.26 bits per heavy atom. The highest BCUT2D eigenvalue weighted by Gasteiger charge is 2.34. The molecule has 0 aliphatic heterocycles. The first-order valence-electron chi connectivity index (χ1n) is 14.3. The molecular formula is C32H38ClN3O5S. The van der Waals surface area contributed by atoms with Crippen LogP contribution in [0, 0.1) is 0 Å². The van der Waals surface area contributed by atoms with E-state index in [9.17, 15) is 18.0 Å². The lowest BCUT2D eigenvalue weighted by molar-refractivity contribution is -0.139. The Morgan fingerprint density at radius 1 is 0.952 bits per heavy atom. The average molecular weight is 612 g/mol. The van der Waals surface area contributed by atoms with Gasteiger partial charge < -0.3 is 15.0 Å². The highest BCUT2D eigenvalue weighted by molar-refractivity contribution is 7.92. The highest BCUT2D eigenvalue weighted by Crippen LogP contribution is 2.33. The molecule has 0 radical (unpaired) electrons. The van der Waals surface area contributed by atoms with Gasteiger partial charge in [0.2, 0.25) is 11.8 Å². The fourth-order valence-electron chi connectivity index (χ4n) is 5.12. The van der Waals surface area contributed by atoms with Gasteiger partial charge >= 0.3 is 0 Å². The summed E-state index contributed by atoms with van der Waals surface area (Å²) < 4.78 is 34.9. The molecule has 1 fully saturated rings. The van der Waals surface area contributed by atoms with E-state index in [0.717, 1.165) is 42.0 Å². The number of para-hydroxylation sites is 2. The monoisotopic (exact) mass is 611 g/mol. The molecule has 224 valence electrons. The summed E-state index contributed by atoms with van der Waals surface area (Å²) >= 11 is 6.03. The van der Waals surface area contributed by atoms with Gasteiger partial charge in [0, 0.05) is 17.6 Å². The molecule has 2 amide bonds. The van der Waals surface area contributed by atoms with Crippen molar-refractivity contribution < 1.29 is 22.7 Å². The lowest BCUT2D eigenvalue weighted by Crippen LogP contribution is -2.53. The molecule has 0 aromatic heterocycles. The van der Waals surface area contributed by atoms with Crippen molar-refractivity contribution in [2.75, 3.05) is 17.5 Å². The lowest BCUT2D eigenvalue weighted by Gasteiger charge is -2.33. The normalized spacial score (nSPS) is 14.5. The summed E-state index contributed by atoms with van der Waals surface area (Å²) in [6.07, 6.45) is 5.09. The number of nitrogens with one attached hydrogen (secondary N) is 1. The van der Waals surface area contributed by atoms with E-state index in [1.54, 1.807) is 38.1 Å². The van der Waals surface area contributed by atoms with Gasteiger partial charge in [-0.2, -0.15) is 0 Å². The summed E-state index contributed by atoms with van der Waals surface area (Å²) in [5.74, 6) is -0.454. The van der Waals surface area contributed by atoms with Crippen LogP contribution in [0.5, 0.6) is 5.75 Å². The molecule has 1 aliphatic rings. The number of ether oxygens (including phenoxy) is 1. The van der Waals surface area contributed by atoms with Gasteiger partial charge in [-0.3, -0.25) is 13.9 Å². The maximum absolute atomic E-state index is 14.1. The molecule has 1 atom stereocenters. The molecule has 1 saturated carbocycles. The molecule has 0 bridgehead atoms. The number of rotatable bonds is 12. The van der Waals surface area contributed by atoms with Crippen LogP contribution in [0.15, 0.2) is 83.8 Å². The molecule has 0 spiro atoms. The van der Waals surface area contributed by atoms with Crippen LogP contribution in [0.1, 0.15) is 51.5 Å². The van der Waals surface area contributed by atoms with E-state index >= 15 is 0 Å². The van der Waals surface area contributed by atoms with Crippen LogP contribution in [0.4, 0.5) is 5.69 Å². The zero-order valence-corrected chi connectivity index (χ0v) is 25.6. The molecule has 42 heavy (non-hydrogen) atoms. The quantitative estimate of drug-likeness (QED) is 0.279. The minimum absolute atomic E-state index is 0.0244. The number of amides is 2. The highest BCUT2D eigenvalue weighted by atomic mass is 35.5. The van der Waals surface area contributed by atoms with E-state index in [1.165, 1.54) is 29.2 Å². The van der Waals surface area contributed by atoms with Crippen molar-refractivity contribution >= 4 is 39.1 Å². The largest absolute Gasteiger partial charge is 0.492 e. The number of benzene rings is 3. The molecule has 1 aliphatic carbocycles. The van der Waals surface area contributed by atoms with Crippen LogP contribution in [0.25, 0.3) is 0 Å². The Hall–Kier alpha value is -3.56. The second-order valence-corrected chi connectivity index (χ2v) is 12.7. The summed E-state index contributed by atoms with van der Waals surface area (Å²) in [7, 11) is -4.24. The Labute approximate surface area is 253 Å². The molecule has 0 heterocycles. The fourth-order valence-corrected chi connectivity index (χ4v) is 6.67. The van der Waals surface area contributed by atoms with Crippen molar-refractivity contribution in [3.05, 3.63) is 89.4 Å². The van der Waals surface area contributed by atoms with E-state index in [4.69, 9.17) is 16.3 Å². The van der Waals surface area contributed by atoms with Gasteiger partial charge in [-0.25, -0.2) is 8.42 Å². The van der Waals surface area contributed by atoms with Crippen LogP contribution >= 0.6 is 11.6 Å². The van der Waals surface area contributed by atoms with Gasteiger partial charge in [-0.05, 0) is 68.7 Å². The molecule has 0 unspecified atom stereocenters. The van der Waals surface area contributed by atoms with Crippen molar-refractivity contribution in [1.82, 2.24) is 10.2 Å². The fraction of sp³-hybridized carbons (Fsp3) is 0.375. The first-order chi connectivity index (χ1) is 20.2. The van der Waals surface area contributed by atoms with E-state index in [2.05, 4.69) is 5.32 Å². The van der Waals surface area contributed by atoms with Gasteiger partial charge in [0.05, 0.1) is 17.2 Å². The molecule has 0 saturated heterocycles. The van der Waals surface area contributed by atoms with E-state index in [1.807, 2.05) is 30.3 Å². The van der Waals surface area contributed by atoms with Gasteiger partial charge in [0.15, 0.2) is 0 Å². The molecule has 4 rings (SSSR count). The Kier molecular flexibility index (Phi) is 10.9. The number of carbonyl (C=O) groups excluding carboxylic acids is 2. The number of hydrogen-bond donors (Lipinski definition) is 1. The third-order valence-corrected chi connectivity index (χ3v) is 9.45. The maximum atomic E-state index is 14.1. The third kappa shape index (κ3) is 7.83. The zero-order chi connectivity index (χ0) is 30.1. The molecule has 8 nitrogen and oxygen atoms in total. The second kappa shape index (κ2) is 14.6. The first-order valence-corrected chi connectivity index (χ1v) is 16.2. The third-order valence-electron chi connectivity index (χ3n) is 7.43. The van der Waals surface area contributed by atoms with Gasteiger partial charge in [-0.1, -0.05) is 73.3 Å². The Morgan fingerprint density at radius 2 is 1.60 bits per heavy atom. The number of halogens is 1. The predicted octanol–water partition coefficient (Wildman–Crippen LogP) is 5.80. The molecule has 10 heteroatoms. The topological polar surface area (TPSA) is 96.0 Å². The van der Waals surface area contributed by atoms with Crippen molar-refractivity contribution in [2.45, 2.75) is 69.5 Å².